The normalized spacial score (nSPS) is 11.1. The van der Waals surface area contributed by atoms with Gasteiger partial charge in [0.05, 0.1) is 20.8 Å². The van der Waals surface area contributed by atoms with E-state index in [1.165, 1.54) is 19.8 Å². The van der Waals surface area contributed by atoms with Crippen molar-refractivity contribution in [1.82, 2.24) is 10.6 Å². The minimum absolute atomic E-state index is 0.407. The number of hydrogen-bond acceptors (Lipinski definition) is 5. The first-order valence-corrected chi connectivity index (χ1v) is 8.90. The van der Waals surface area contributed by atoms with E-state index in [1.807, 2.05) is 18.4 Å². The Labute approximate surface area is 151 Å². The number of guanidine groups is 1. The lowest BCUT2D eigenvalue weighted by atomic mass is 10.1. The summed E-state index contributed by atoms with van der Waals surface area (Å²) in [4.78, 5) is 16.4. The average Bonchev–Trinajstić information content (AvgIpc) is 3.16. The van der Waals surface area contributed by atoms with Gasteiger partial charge in [-0.05, 0) is 47.0 Å². The summed E-state index contributed by atoms with van der Waals surface area (Å²) in [5.41, 5.74) is 2.52. The predicted octanol–water partition coefficient (Wildman–Crippen LogP) is 2.80. The van der Waals surface area contributed by atoms with E-state index >= 15 is 0 Å². The van der Waals surface area contributed by atoms with Crippen molar-refractivity contribution < 1.29 is 14.3 Å². The molecule has 1 aromatic carbocycles. The fraction of sp³-hybridized carbons (Fsp3) is 0.333. The second-order valence-corrected chi connectivity index (χ2v) is 5.99. The van der Waals surface area contributed by atoms with E-state index in [1.54, 1.807) is 23.5 Å². The van der Waals surface area contributed by atoms with E-state index in [0.717, 1.165) is 18.1 Å². The molecule has 0 aliphatic carbocycles. The number of carbonyl (C=O) groups excluding carboxylic acids is 1. The third-order valence-electron chi connectivity index (χ3n) is 3.47. The number of esters is 1. The molecule has 0 radical (unpaired) electrons. The van der Waals surface area contributed by atoms with E-state index in [0.29, 0.717) is 24.4 Å². The molecule has 0 unspecified atom stereocenters. The first-order chi connectivity index (χ1) is 12.2. The van der Waals surface area contributed by atoms with Crippen molar-refractivity contribution in [2.45, 2.75) is 20.0 Å². The van der Waals surface area contributed by atoms with Crippen LogP contribution in [-0.4, -0.2) is 32.7 Å². The maximum Gasteiger partial charge on any atom is 0.341 e. The predicted molar refractivity (Wildman–Crippen MR) is 100 cm³/mol. The highest BCUT2D eigenvalue weighted by molar-refractivity contribution is 7.07. The molecule has 2 aromatic rings. The van der Waals surface area contributed by atoms with Crippen molar-refractivity contribution in [2.75, 3.05) is 20.8 Å². The Morgan fingerprint density at radius 1 is 1.20 bits per heavy atom. The molecule has 0 fully saturated rings. The van der Waals surface area contributed by atoms with Crippen molar-refractivity contribution in [3.63, 3.8) is 0 Å². The molecule has 2 N–H and O–H groups in total. The number of benzene rings is 1. The molecule has 0 saturated heterocycles. The summed E-state index contributed by atoms with van der Waals surface area (Å²) in [6, 6.07) is 7.49. The van der Waals surface area contributed by atoms with E-state index in [-0.39, 0.29) is 0 Å². The molecule has 1 heterocycles. The summed E-state index contributed by atoms with van der Waals surface area (Å²) in [6.07, 6.45) is 0. The Bertz CT molecular complexity index is 714. The zero-order chi connectivity index (χ0) is 18.1. The number of nitrogens with one attached hydrogen (secondary N) is 2. The molecule has 0 bridgehead atoms. The monoisotopic (exact) mass is 361 g/mol. The number of carbonyl (C=O) groups is 1. The van der Waals surface area contributed by atoms with Crippen LogP contribution in [0.5, 0.6) is 5.75 Å². The molecule has 134 valence electrons. The summed E-state index contributed by atoms with van der Waals surface area (Å²) < 4.78 is 10.0. The van der Waals surface area contributed by atoms with Gasteiger partial charge in [-0.25, -0.2) is 9.79 Å². The highest BCUT2D eigenvalue weighted by Crippen LogP contribution is 2.20. The second kappa shape index (κ2) is 9.68. The Morgan fingerprint density at radius 3 is 2.68 bits per heavy atom. The van der Waals surface area contributed by atoms with Gasteiger partial charge in [-0.1, -0.05) is 6.07 Å². The average molecular weight is 361 g/mol. The molecule has 0 saturated carbocycles. The fourth-order valence-corrected chi connectivity index (χ4v) is 2.87. The molecule has 0 atom stereocenters. The third kappa shape index (κ3) is 5.49. The van der Waals surface area contributed by atoms with Crippen LogP contribution in [0.2, 0.25) is 0 Å². The number of ether oxygens (including phenoxy) is 2. The van der Waals surface area contributed by atoms with Gasteiger partial charge < -0.3 is 20.1 Å². The number of hydrogen-bond donors (Lipinski definition) is 2. The molecule has 0 amide bonds. The molecule has 2 rings (SSSR count). The minimum Gasteiger partial charge on any atom is -0.496 e. The van der Waals surface area contributed by atoms with Crippen LogP contribution >= 0.6 is 11.3 Å². The van der Waals surface area contributed by atoms with Crippen LogP contribution in [0.25, 0.3) is 0 Å². The molecule has 6 nitrogen and oxygen atoms in total. The Hall–Kier alpha value is -2.54. The molecule has 25 heavy (non-hydrogen) atoms. The van der Waals surface area contributed by atoms with Crippen LogP contribution in [0.4, 0.5) is 0 Å². The molecule has 1 aromatic heterocycles. The summed E-state index contributed by atoms with van der Waals surface area (Å²) in [5.74, 6) is 0.800. The van der Waals surface area contributed by atoms with Gasteiger partial charge in [0.1, 0.15) is 11.3 Å². The highest BCUT2D eigenvalue weighted by Gasteiger charge is 2.13. The number of rotatable bonds is 7. The van der Waals surface area contributed by atoms with Crippen LogP contribution in [0.15, 0.2) is 40.0 Å². The van der Waals surface area contributed by atoms with Gasteiger partial charge in [-0.15, -0.1) is 0 Å². The lowest BCUT2D eigenvalue weighted by molar-refractivity contribution is 0.0597. The third-order valence-corrected chi connectivity index (χ3v) is 4.21. The number of methoxy groups -OCH3 is 2. The van der Waals surface area contributed by atoms with E-state index in [4.69, 9.17) is 9.47 Å². The van der Waals surface area contributed by atoms with Gasteiger partial charge in [-0.2, -0.15) is 11.3 Å². The maximum atomic E-state index is 11.9. The fourth-order valence-electron chi connectivity index (χ4n) is 2.22. The van der Waals surface area contributed by atoms with Gasteiger partial charge in [0, 0.05) is 13.1 Å². The first-order valence-electron chi connectivity index (χ1n) is 7.96. The van der Waals surface area contributed by atoms with Crippen molar-refractivity contribution in [3.05, 3.63) is 51.7 Å². The zero-order valence-corrected chi connectivity index (χ0v) is 15.5. The Balaban J connectivity index is 2.06. The number of nitrogens with zero attached hydrogens (tertiary/aromatic N) is 1. The van der Waals surface area contributed by atoms with Crippen LogP contribution in [-0.2, 0) is 17.8 Å². The largest absolute Gasteiger partial charge is 0.496 e. The molecule has 0 spiro atoms. The number of aliphatic imine (C=N–C) groups is 1. The molecular weight excluding hydrogens is 338 g/mol. The molecule has 7 heteroatoms. The van der Waals surface area contributed by atoms with Gasteiger partial charge in [-0.3, -0.25) is 0 Å². The van der Waals surface area contributed by atoms with Gasteiger partial charge >= 0.3 is 5.97 Å². The van der Waals surface area contributed by atoms with Crippen LogP contribution in [0.3, 0.4) is 0 Å². The highest BCUT2D eigenvalue weighted by atomic mass is 32.1. The topological polar surface area (TPSA) is 72.0 Å². The molecule has 0 aliphatic heterocycles. The summed E-state index contributed by atoms with van der Waals surface area (Å²) in [5, 5.41) is 10.6. The quantitative estimate of drug-likeness (QED) is 0.451. The Morgan fingerprint density at radius 2 is 2.04 bits per heavy atom. The van der Waals surface area contributed by atoms with E-state index in [9.17, 15) is 4.79 Å². The summed E-state index contributed by atoms with van der Waals surface area (Å²) in [6.45, 7) is 3.94. The lowest BCUT2D eigenvalue weighted by Gasteiger charge is -2.13. The second-order valence-electron chi connectivity index (χ2n) is 5.21. The maximum absolute atomic E-state index is 11.9. The molecule has 0 aliphatic rings. The lowest BCUT2D eigenvalue weighted by Crippen LogP contribution is -2.36. The Kier molecular flexibility index (Phi) is 7.28. The smallest absolute Gasteiger partial charge is 0.341 e. The van der Waals surface area contributed by atoms with Crippen LogP contribution < -0.4 is 15.4 Å². The first kappa shape index (κ1) is 18.8. The summed E-state index contributed by atoms with van der Waals surface area (Å²) in [7, 11) is 2.88. The van der Waals surface area contributed by atoms with E-state index in [2.05, 4.69) is 27.1 Å². The summed E-state index contributed by atoms with van der Waals surface area (Å²) >= 11 is 1.66. The van der Waals surface area contributed by atoms with Gasteiger partial charge in [0.25, 0.3) is 0 Å². The van der Waals surface area contributed by atoms with Crippen molar-refractivity contribution in [3.8, 4) is 5.75 Å². The SMILES string of the molecule is CCNC(=NCc1ccsc1)NCc1ccc(OC)c(C(=O)OC)c1. The van der Waals surface area contributed by atoms with Crippen LogP contribution in [0.1, 0.15) is 28.4 Å². The van der Waals surface area contributed by atoms with Crippen LogP contribution in [0, 0.1) is 0 Å². The van der Waals surface area contributed by atoms with E-state index < -0.39 is 5.97 Å². The van der Waals surface area contributed by atoms with Crippen molar-refractivity contribution >= 4 is 23.3 Å². The van der Waals surface area contributed by atoms with Crippen molar-refractivity contribution in [2.24, 2.45) is 4.99 Å². The molecular formula is C18H23N3O3S. The standard InChI is InChI=1S/C18H23N3O3S/c1-4-19-18(21-11-14-7-8-25-12-14)20-10-13-5-6-16(23-2)15(9-13)17(22)24-3/h5-9,12H,4,10-11H2,1-3H3,(H2,19,20,21). The van der Waals surface area contributed by atoms with Crippen molar-refractivity contribution in [1.29, 1.82) is 0 Å². The minimum atomic E-state index is -0.420. The number of thiophene rings is 1. The van der Waals surface area contributed by atoms with Gasteiger partial charge in [0.2, 0.25) is 0 Å². The zero-order valence-electron chi connectivity index (χ0n) is 14.7. The van der Waals surface area contributed by atoms with Gasteiger partial charge in [0.15, 0.2) is 5.96 Å².